The van der Waals surface area contributed by atoms with Crippen molar-refractivity contribution in [1.82, 2.24) is 0 Å². The summed E-state index contributed by atoms with van der Waals surface area (Å²) in [5, 5.41) is 18.6. The van der Waals surface area contributed by atoms with E-state index in [1.165, 1.54) is 20.3 Å². The largest absolute Gasteiger partial charge is 0.507 e. The van der Waals surface area contributed by atoms with Crippen molar-refractivity contribution >= 4 is 0 Å². The highest BCUT2D eigenvalue weighted by atomic mass is 16.5. The number of ether oxygens (including phenoxy) is 2. The van der Waals surface area contributed by atoms with E-state index >= 15 is 0 Å². The summed E-state index contributed by atoms with van der Waals surface area (Å²) in [4.78, 5) is 0. The molecule has 0 bridgehead atoms. The smallest absolute Gasteiger partial charge is 0.131 e. The number of aliphatic hydroxyl groups is 1. The predicted octanol–water partition coefficient (Wildman–Crippen LogP) is 0.792. The summed E-state index contributed by atoms with van der Waals surface area (Å²) in [6.07, 6.45) is 0.357. The van der Waals surface area contributed by atoms with E-state index in [-0.39, 0.29) is 12.4 Å². The van der Waals surface area contributed by atoms with E-state index in [0.717, 1.165) is 0 Å². The Balaban J connectivity index is 3.15. The molecule has 0 amide bonds. The minimum Gasteiger partial charge on any atom is -0.507 e. The first kappa shape index (κ1) is 12.6. The van der Waals surface area contributed by atoms with Crippen molar-refractivity contribution in [3.05, 3.63) is 17.7 Å². The van der Waals surface area contributed by atoms with E-state index in [1.807, 2.05) is 0 Å². The molecule has 0 saturated carbocycles. The molecule has 1 rings (SSSR count). The Labute approximate surface area is 94.4 Å². The first-order valence-corrected chi connectivity index (χ1v) is 4.95. The molecule has 0 aliphatic carbocycles. The SMILES string of the molecule is COc1cc(O)c([C@@H](N)CCO)c(OC)c1. The normalized spacial score (nSPS) is 12.2. The fourth-order valence-electron chi connectivity index (χ4n) is 1.53. The minimum atomic E-state index is -0.467. The number of nitrogens with two attached hydrogens (primary N) is 1. The fraction of sp³-hybridized carbons (Fsp3) is 0.455. The topological polar surface area (TPSA) is 84.9 Å². The summed E-state index contributed by atoms with van der Waals surface area (Å²) in [6, 6.07) is 2.65. The number of aliphatic hydroxyl groups excluding tert-OH is 1. The lowest BCUT2D eigenvalue weighted by atomic mass is 10.0. The van der Waals surface area contributed by atoms with Crippen LogP contribution in [0.25, 0.3) is 0 Å². The molecule has 0 aliphatic rings. The van der Waals surface area contributed by atoms with Crippen molar-refractivity contribution in [3.63, 3.8) is 0 Å². The number of phenolic OH excluding ortho intramolecular Hbond substituents is 1. The third-order valence-electron chi connectivity index (χ3n) is 2.36. The maximum atomic E-state index is 9.81. The number of methoxy groups -OCH3 is 2. The zero-order chi connectivity index (χ0) is 12.1. The van der Waals surface area contributed by atoms with Gasteiger partial charge in [-0.25, -0.2) is 0 Å². The lowest BCUT2D eigenvalue weighted by molar-refractivity contribution is 0.273. The third kappa shape index (κ3) is 2.56. The number of aromatic hydroxyl groups is 1. The molecule has 0 aliphatic heterocycles. The second-order valence-corrected chi connectivity index (χ2v) is 3.38. The molecule has 1 atom stereocenters. The van der Waals surface area contributed by atoms with Crippen molar-refractivity contribution in [2.24, 2.45) is 5.73 Å². The second kappa shape index (κ2) is 5.58. The first-order valence-electron chi connectivity index (χ1n) is 4.95. The summed E-state index contributed by atoms with van der Waals surface area (Å²) in [6.45, 7) is -0.0458. The summed E-state index contributed by atoms with van der Waals surface area (Å²) < 4.78 is 10.1. The van der Waals surface area contributed by atoms with E-state index in [1.54, 1.807) is 6.07 Å². The van der Waals surface area contributed by atoms with Gasteiger partial charge in [-0.15, -0.1) is 0 Å². The van der Waals surface area contributed by atoms with Crippen molar-refractivity contribution < 1.29 is 19.7 Å². The molecule has 0 saturated heterocycles. The summed E-state index contributed by atoms with van der Waals surface area (Å²) in [5.74, 6) is 0.962. The standard InChI is InChI=1S/C11H17NO4/c1-15-7-5-9(14)11(8(12)3-4-13)10(6-7)16-2/h5-6,8,13-14H,3-4,12H2,1-2H3/t8-/m0/s1. The molecule has 1 aromatic carbocycles. The van der Waals surface area contributed by atoms with Crippen molar-refractivity contribution in [1.29, 1.82) is 0 Å². The minimum absolute atomic E-state index is 0.0113. The van der Waals surface area contributed by atoms with Crippen LogP contribution in [0.4, 0.5) is 0 Å². The van der Waals surface area contributed by atoms with Crippen LogP contribution >= 0.6 is 0 Å². The Hall–Kier alpha value is -1.46. The van der Waals surface area contributed by atoms with Crippen LogP contribution in [-0.4, -0.2) is 31.0 Å². The van der Waals surface area contributed by atoms with Gasteiger partial charge in [-0.3, -0.25) is 0 Å². The van der Waals surface area contributed by atoms with Gasteiger partial charge in [0.05, 0.1) is 19.8 Å². The van der Waals surface area contributed by atoms with E-state index in [2.05, 4.69) is 0 Å². The maximum absolute atomic E-state index is 9.81. The quantitative estimate of drug-likeness (QED) is 0.692. The summed E-state index contributed by atoms with van der Waals surface area (Å²) >= 11 is 0. The molecule has 16 heavy (non-hydrogen) atoms. The molecule has 90 valence electrons. The van der Waals surface area contributed by atoms with Gasteiger partial charge in [0.2, 0.25) is 0 Å². The number of rotatable bonds is 5. The summed E-state index contributed by atoms with van der Waals surface area (Å²) in [7, 11) is 2.99. The first-order chi connectivity index (χ1) is 7.63. The molecule has 0 fully saturated rings. The third-order valence-corrected chi connectivity index (χ3v) is 2.36. The molecule has 1 aromatic rings. The van der Waals surface area contributed by atoms with Gasteiger partial charge in [-0.1, -0.05) is 0 Å². The Bertz CT molecular complexity index is 354. The zero-order valence-corrected chi connectivity index (χ0v) is 9.43. The van der Waals surface area contributed by atoms with Gasteiger partial charge in [0, 0.05) is 24.8 Å². The average molecular weight is 227 g/mol. The predicted molar refractivity (Wildman–Crippen MR) is 59.8 cm³/mol. The van der Waals surface area contributed by atoms with Gasteiger partial charge >= 0.3 is 0 Å². The monoisotopic (exact) mass is 227 g/mol. The highest BCUT2D eigenvalue weighted by Gasteiger charge is 2.17. The van der Waals surface area contributed by atoms with E-state index in [0.29, 0.717) is 23.5 Å². The lowest BCUT2D eigenvalue weighted by Gasteiger charge is -2.17. The summed E-state index contributed by atoms with van der Waals surface area (Å²) in [5.41, 5.74) is 6.32. The van der Waals surface area contributed by atoms with E-state index in [4.69, 9.17) is 20.3 Å². The van der Waals surface area contributed by atoms with Crippen LogP contribution in [0.3, 0.4) is 0 Å². The Morgan fingerprint density at radius 2 is 2.00 bits per heavy atom. The molecular formula is C11H17NO4. The number of benzene rings is 1. The van der Waals surface area contributed by atoms with E-state index in [9.17, 15) is 5.11 Å². The number of hydrogen-bond donors (Lipinski definition) is 3. The molecule has 0 spiro atoms. The molecule has 5 heteroatoms. The average Bonchev–Trinajstić information content (AvgIpc) is 2.27. The van der Waals surface area contributed by atoms with E-state index < -0.39 is 6.04 Å². The Morgan fingerprint density at radius 3 is 2.50 bits per heavy atom. The second-order valence-electron chi connectivity index (χ2n) is 3.38. The van der Waals surface area contributed by atoms with Crippen LogP contribution in [0.2, 0.25) is 0 Å². The molecule has 0 aromatic heterocycles. The van der Waals surface area contributed by atoms with Crippen molar-refractivity contribution in [2.45, 2.75) is 12.5 Å². The molecule has 4 N–H and O–H groups in total. The molecule has 0 unspecified atom stereocenters. The van der Waals surface area contributed by atoms with Crippen molar-refractivity contribution in [3.8, 4) is 17.2 Å². The number of phenols is 1. The van der Waals surface area contributed by atoms with Gasteiger partial charge in [0.25, 0.3) is 0 Å². The van der Waals surface area contributed by atoms with Crippen molar-refractivity contribution in [2.75, 3.05) is 20.8 Å². The van der Waals surface area contributed by atoms with Gasteiger partial charge in [-0.05, 0) is 6.42 Å². The Kier molecular flexibility index (Phi) is 4.39. The fourth-order valence-corrected chi connectivity index (χ4v) is 1.53. The van der Waals surface area contributed by atoms with Crippen LogP contribution in [0.5, 0.6) is 17.2 Å². The highest BCUT2D eigenvalue weighted by Crippen LogP contribution is 2.37. The van der Waals surface area contributed by atoms with Gasteiger partial charge < -0.3 is 25.4 Å². The Morgan fingerprint density at radius 1 is 1.31 bits per heavy atom. The highest BCUT2D eigenvalue weighted by molar-refractivity contribution is 5.51. The molecule has 0 heterocycles. The van der Waals surface area contributed by atoms with Gasteiger partial charge in [-0.2, -0.15) is 0 Å². The van der Waals surface area contributed by atoms with Crippen LogP contribution in [-0.2, 0) is 0 Å². The maximum Gasteiger partial charge on any atom is 0.131 e. The number of hydrogen-bond acceptors (Lipinski definition) is 5. The van der Waals surface area contributed by atoms with Crippen LogP contribution < -0.4 is 15.2 Å². The van der Waals surface area contributed by atoms with Crippen LogP contribution in [0.1, 0.15) is 18.0 Å². The molecule has 0 radical (unpaired) electrons. The molecular weight excluding hydrogens is 210 g/mol. The zero-order valence-electron chi connectivity index (χ0n) is 9.43. The van der Waals surface area contributed by atoms with Crippen LogP contribution in [0.15, 0.2) is 12.1 Å². The molecule has 5 nitrogen and oxygen atoms in total. The van der Waals surface area contributed by atoms with Gasteiger partial charge in [0.1, 0.15) is 17.2 Å². The van der Waals surface area contributed by atoms with Gasteiger partial charge in [0.15, 0.2) is 0 Å². The lowest BCUT2D eigenvalue weighted by Crippen LogP contribution is -2.13. The van der Waals surface area contributed by atoms with Crippen LogP contribution in [0, 0.1) is 0 Å².